The van der Waals surface area contributed by atoms with E-state index >= 15 is 0 Å². The van der Waals surface area contributed by atoms with Crippen LogP contribution >= 0.6 is 0 Å². The third-order valence-corrected chi connectivity index (χ3v) is 3.17. The Morgan fingerprint density at radius 2 is 2.11 bits per heavy atom. The Hall–Kier alpha value is -1.36. The van der Waals surface area contributed by atoms with E-state index in [9.17, 15) is 4.79 Å². The van der Waals surface area contributed by atoms with Crippen molar-refractivity contribution < 1.29 is 4.79 Å². The predicted molar refractivity (Wildman–Crippen MR) is 72.1 cm³/mol. The summed E-state index contributed by atoms with van der Waals surface area (Å²) in [5, 5.41) is 7.06. The molecule has 0 saturated carbocycles. The van der Waals surface area contributed by atoms with Crippen molar-refractivity contribution in [3.8, 4) is 0 Å². The van der Waals surface area contributed by atoms with Gasteiger partial charge in [-0.05, 0) is 19.5 Å². The number of hydrogen-bond donors (Lipinski definition) is 1. The van der Waals surface area contributed by atoms with Crippen molar-refractivity contribution in [2.75, 3.05) is 13.1 Å². The van der Waals surface area contributed by atoms with Gasteiger partial charge in [-0.1, -0.05) is 20.8 Å². The van der Waals surface area contributed by atoms with Gasteiger partial charge in [0.1, 0.15) is 0 Å². The second-order valence-electron chi connectivity index (χ2n) is 4.39. The Kier molecular flexibility index (Phi) is 5.85. The van der Waals surface area contributed by atoms with E-state index in [1.807, 2.05) is 20.2 Å². The highest BCUT2D eigenvalue weighted by molar-refractivity contribution is 5.81. The van der Waals surface area contributed by atoms with E-state index in [-0.39, 0.29) is 11.9 Å². The molecule has 1 unspecified atom stereocenters. The molecule has 102 valence electrons. The highest BCUT2D eigenvalue weighted by atomic mass is 16.2. The first-order valence-corrected chi connectivity index (χ1v) is 6.61. The van der Waals surface area contributed by atoms with Crippen LogP contribution < -0.4 is 5.32 Å². The smallest absolute Gasteiger partial charge is 0.237 e. The van der Waals surface area contributed by atoms with Crippen molar-refractivity contribution in [1.82, 2.24) is 20.0 Å². The van der Waals surface area contributed by atoms with Gasteiger partial charge >= 0.3 is 0 Å². The van der Waals surface area contributed by atoms with E-state index in [1.54, 1.807) is 10.9 Å². The molecule has 18 heavy (non-hydrogen) atoms. The third-order valence-electron chi connectivity index (χ3n) is 3.17. The van der Waals surface area contributed by atoms with Crippen LogP contribution in [0.25, 0.3) is 0 Å². The van der Waals surface area contributed by atoms with Crippen molar-refractivity contribution >= 4 is 5.91 Å². The van der Waals surface area contributed by atoms with Crippen LogP contribution in [0.4, 0.5) is 0 Å². The first-order valence-electron chi connectivity index (χ1n) is 6.61. The molecule has 1 N–H and O–H groups in total. The van der Waals surface area contributed by atoms with Crippen molar-refractivity contribution in [1.29, 1.82) is 0 Å². The van der Waals surface area contributed by atoms with Gasteiger partial charge < -0.3 is 5.32 Å². The summed E-state index contributed by atoms with van der Waals surface area (Å²) in [6.45, 7) is 8.56. The Bertz CT molecular complexity index is 371. The molecule has 1 rings (SSSR count). The molecule has 0 spiro atoms. The van der Waals surface area contributed by atoms with E-state index in [0.29, 0.717) is 6.54 Å². The number of carbonyl (C=O) groups is 1. The minimum absolute atomic E-state index is 0.0309. The van der Waals surface area contributed by atoms with Gasteiger partial charge in [0.15, 0.2) is 0 Å². The topological polar surface area (TPSA) is 50.2 Å². The number of nitrogens with one attached hydrogen (secondary N) is 1. The maximum atomic E-state index is 12.1. The summed E-state index contributed by atoms with van der Waals surface area (Å²) in [5.74, 6) is 0.102. The number of carbonyl (C=O) groups excluding carboxylic acids is 1. The van der Waals surface area contributed by atoms with Crippen LogP contribution in [0, 0.1) is 0 Å². The van der Waals surface area contributed by atoms with Gasteiger partial charge in [-0.2, -0.15) is 5.10 Å². The number of rotatable bonds is 7. The van der Waals surface area contributed by atoms with E-state index in [0.717, 1.165) is 25.1 Å². The molecule has 5 nitrogen and oxygen atoms in total. The highest BCUT2D eigenvalue weighted by Crippen LogP contribution is 2.05. The summed E-state index contributed by atoms with van der Waals surface area (Å²) in [7, 11) is 1.87. The fraction of sp³-hybridized carbons (Fsp3) is 0.692. The van der Waals surface area contributed by atoms with Gasteiger partial charge in [-0.3, -0.25) is 14.4 Å². The lowest BCUT2D eigenvalue weighted by atomic mass is 10.1. The second-order valence-corrected chi connectivity index (χ2v) is 4.39. The van der Waals surface area contributed by atoms with Crippen LogP contribution in [0.3, 0.4) is 0 Å². The zero-order valence-corrected chi connectivity index (χ0v) is 11.8. The van der Waals surface area contributed by atoms with Gasteiger partial charge in [0, 0.05) is 25.4 Å². The van der Waals surface area contributed by atoms with Crippen LogP contribution in [0.1, 0.15) is 32.8 Å². The Morgan fingerprint density at radius 1 is 1.44 bits per heavy atom. The fourth-order valence-electron chi connectivity index (χ4n) is 2.14. The molecule has 0 radical (unpaired) electrons. The van der Waals surface area contributed by atoms with Gasteiger partial charge in [0.2, 0.25) is 5.91 Å². The largest absolute Gasteiger partial charge is 0.351 e. The minimum Gasteiger partial charge on any atom is -0.351 e. The summed E-state index contributed by atoms with van der Waals surface area (Å²) in [6, 6.07) is -0.0309. The Morgan fingerprint density at radius 3 is 2.56 bits per heavy atom. The molecule has 0 bridgehead atoms. The summed E-state index contributed by atoms with van der Waals surface area (Å²) >= 11 is 0. The summed E-state index contributed by atoms with van der Waals surface area (Å²) in [4.78, 5) is 14.3. The quantitative estimate of drug-likeness (QED) is 0.792. The predicted octanol–water partition coefficient (Wildman–Crippen LogP) is 1.16. The van der Waals surface area contributed by atoms with E-state index in [1.165, 1.54) is 0 Å². The molecule has 5 heteroatoms. The third kappa shape index (κ3) is 3.84. The molecule has 0 saturated heterocycles. The highest BCUT2D eigenvalue weighted by Gasteiger charge is 2.21. The summed E-state index contributed by atoms with van der Waals surface area (Å²) in [6.07, 6.45) is 4.53. The van der Waals surface area contributed by atoms with Crippen molar-refractivity contribution in [3.05, 3.63) is 18.0 Å². The van der Waals surface area contributed by atoms with Crippen LogP contribution in [-0.4, -0.2) is 39.7 Å². The zero-order chi connectivity index (χ0) is 13.5. The van der Waals surface area contributed by atoms with Gasteiger partial charge in [-0.25, -0.2) is 0 Å². The van der Waals surface area contributed by atoms with Crippen LogP contribution in [0.5, 0.6) is 0 Å². The number of likely N-dealkylation sites (N-methyl/N-ethyl adjacent to an activating group) is 1. The van der Waals surface area contributed by atoms with Crippen LogP contribution in [-0.2, 0) is 18.4 Å². The maximum Gasteiger partial charge on any atom is 0.237 e. The number of nitrogens with zero attached hydrogens (tertiary/aromatic N) is 3. The maximum absolute atomic E-state index is 12.1. The molecule has 1 aromatic heterocycles. The molecule has 0 aliphatic heterocycles. The molecule has 1 heterocycles. The monoisotopic (exact) mass is 252 g/mol. The normalized spacial score (nSPS) is 12.7. The molecule has 0 fully saturated rings. The van der Waals surface area contributed by atoms with Gasteiger partial charge in [0.05, 0.1) is 12.2 Å². The van der Waals surface area contributed by atoms with Crippen molar-refractivity contribution in [2.24, 2.45) is 7.05 Å². The van der Waals surface area contributed by atoms with E-state index in [4.69, 9.17) is 0 Å². The number of amides is 1. The second kappa shape index (κ2) is 7.16. The first-order chi connectivity index (χ1) is 8.62. The van der Waals surface area contributed by atoms with E-state index < -0.39 is 0 Å². The lowest BCUT2D eigenvalue weighted by Gasteiger charge is -2.27. The number of aryl methyl sites for hydroxylation is 1. The average Bonchev–Trinajstić information content (AvgIpc) is 2.78. The van der Waals surface area contributed by atoms with Crippen molar-refractivity contribution in [2.45, 2.75) is 39.8 Å². The lowest BCUT2D eigenvalue weighted by molar-refractivity contribution is -0.126. The molecule has 1 aromatic rings. The fourth-order valence-corrected chi connectivity index (χ4v) is 2.14. The molecule has 1 amide bonds. The van der Waals surface area contributed by atoms with Gasteiger partial charge in [-0.15, -0.1) is 0 Å². The summed E-state index contributed by atoms with van der Waals surface area (Å²) in [5.41, 5.74) is 1.03. The molecular weight excluding hydrogens is 228 g/mol. The van der Waals surface area contributed by atoms with Crippen LogP contribution in [0.2, 0.25) is 0 Å². The lowest BCUT2D eigenvalue weighted by Crippen LogP contribution is -2.46. The minimum atomic E-state index is -0.0309. The number of aromatic nitrogens is 2. The SMILES string of the molecule is CCC(C(=O)NCc1cnn(C)c1)N(CC)CC. The number of hydrogen-bond acceptors (Lipinski definition) is 3. The standard InChI is InChI=1S/C13H24N4O/c1-5-12(17(6-2)7-3)13(18)14-8-11-9-15-16(4)10-11/h9-10,12H,5-8H2,1-4H3,(H,14,18). The molecule has 0 aliphatic carbocycles. The van der Waals surface area contributed by atoms with Gasteiger partial charge in [0.25, 0.3) is 0 Å². The molecule has 0 aromatic carbocycles. The first kappa shape index (κ1) is 14.7. The summed E-state index contributed by atoms with van der Waals surface area (Å²) < 4.78 is 1.74. The molecule has 0 aliphatic rings. The molecule has 1 atom stereocenters. The average molecular weight is 252 g/mol. The van der Waals surface area contributed by atoms with E-state index in [2.05, 4.69) is 29.2 Å². The molecular formula is C13H24N4O. The Labute approximate surface area is 109 Å². The van der Waals surface area contributed by atoms with Crippen molar-refractivity contribution in [3.63, 3.8) is 0 Å². The van der Waals surface area contributed by atoms with Crippen LogP contribution in [0.15, 0.2) is 12.4 Å². The Balaban J connectivity index is 2.52. The zero-order valence-electron chi connectivity index (χ0n) is 11.8.